The normalized spacial score (nSPS) is 11.7. The number of rotatable bonds is 5. The summed E-state index contributed by atoms with van der Waals surface area (Å²) in [5.74, 6) is 0.199. The molecular weight excluding hydrogens is 463 g/mol. The highest BCUT2D eigenvalue weighted by Crippen LogP contribution is 2.27. The van der Waals surface area contributed by atoms with Gasteiger partial charge in [0.2, 0.25) is 0 Å². The molecule has 4 rings (SSSR count). The molecule has 10 heteroatoms. The van der Waals surface area contributed by atoms with E-state index in [1.807, 2.05) is 0 Å². The van der Waals surface area contributed by atoms with Gasteiger partial charge in [0.1, 0.15) is 11.6 Å². The van der Waals surface area contributed by atoms with E-state index in [1.165, 1.54) is 18.2 Å². The monoisotopic (exact) mass is 476 g/mol. The molecule has 0 aliphatic carbocycles. The molecule has 0 radical (unpaired) electrons. The van der Waals surface area contributed by atoms with Crippen LogP contribution in [0.3, 0.4) is 0 Å². The molecule has 2 N–H and O–H groups in total. The van der Waals surface area contributed by atoms with Crippen molar-refractivity contribution in [3.05, 3.63) is 76.6 Å². The number of hydrogen-bond acceptors (Lipinski definition) is 5. The van der Waals surface area contributed by atoms with Gasteiger partial charge in [-0.1, -0.05) is 24.3 Å². The van der Waals surface area contributed by atoms with Gasteiger partial charge in [-0.3, -0.25) is 4.55 Å². The molecule has 2 aromatic heterocycles. The fourth-order valence-electron chi connectivity index (χ4n) is 2.84. The highest BCUT2D eigenvalue weighted by atomic mass is 79.9. The van der Waals surface area contributed by atoms with Gasteiger partial charge in [-0.15, -0.1) is 0 Å². The Morgan fingerprint density at radius 3 is 2.55 bits per heavy atom. The summed E-state index contributed by atoms with van der Waals surface area (Å²) in [6.07, 6.45) is 1.60. The lowest BCUT2D eigenvalue weighted by Crippen LogP contribution is -2.07. The standard InChI is InChI=1S/C19H14BrFN4O3S/c20-15-11-23-25-18(22-10-12-5-7-13(8-6-12)29(26,27)28)9-17(24-19(15)25)14-3-1-2-4-16(14)21/h1-9,11,22H,10H2,(H,26,27,28). The lowest BCUT2D eigenvalue weighted by Gasteiger charge is -2.11. The van der Waals surface area contributed by atoms with Crippen molar-refractivity contribution >= 4 is 37.5 Å². The second-order valence-corrected chi connectivity index (χ2v) is 8.48. The molecule has 0 atom stereocenters. The van der Waals surface area contributed by atoms with E-state index >= 15 is 0 Å². The van der Waals surface area contributed by atoms with Crippen LogP contribution >= 0.6 is 15.9 Å². The van der Waals surface area contributed by atoms with Crippen molar-refractivity contribution in [1.29, 1.82) is 0 Å². The van der Waals surface area contributed by atoms with E-state index in [4.69, 9.17) is 4.55 Å². The van der Waals surface area contributed by atoms with Crippen LogP contribution in [-0.2, 0) is 16.7 Å². The molecule has 0 aliphatic rings. The van der Waals surface area contributed by atoms with E-state index < -0.39 is 10.1 Å². The summed E-state index contributed by atoms with van der Waals surface area (Å²) in [6.45, 7) is 0.346. The summed E-state index contributed by atoms with van der Waals surface area (Å²) in [6, 6.07) is 13.9. The van der Waals surface area contributed by atoms with Crippen LogP contribution < -0.4 is 5.32 Å². The van der Waals surface area contributed by atoms with E-state index in [0.717, 1.165) is 5.56 Å². The molecule has 2 heterocycles. The topological polar surface area (TPSA) is 96.6 Å². The summed E-state index contributed by atoms with van der Waals surface area (Å²) in [5, 5.41) is 7.48. The summed E-state index contributed by atoms with van der Waals surface area (Å²) < 4.78 is 47.9. The predicted molar refractivity (Wildman–Crippen MR) is 110 cm³/mol. The van der Waals surface area contributed by atoms with Crippen molar-refractivity contribution < 1.29 is 17.4 Å². The van der Waals surface area contributed by atoms with Crippen molar-refractivity contribution in [1.82, 2.24) is 14.6 Å². The van der Waals surface area contributed by atoms with E-state index in [2.05, 4.69) is 31.3 Å². The molecule has 2 aromatic carbocycles. The zero-order valence-electron chi connectivity index (χ0n) is 14.8. The number of nitrogens with zero attached hydrogens (tertiary/aromatic N) is 3. The van der Waals surface area contributed by atoms with Crippen LogP contribution in [0.5, 0.6) is 0 Å². The fourth-order valence-corrected chi connectivity index (χ4v) is 3.67. The Morgan fingerprint density at radius 1 is 1.14 bits per heavy atom. The number of nitrogens with one attached hydrogen (secondary N) is 1. The first-order valence-corrected chi connectivity index (χ1v) is 10.7. The highest BCUT2D eigenvalue weighted by molar-refractivity contribution is 9.10. The number of halogens is 2. The molecule has 0 bridgehead atoms. The number of hydrogen-bond donors (Lipinski definition) is 2. The Labute approximate surface area is 174 Å². The number of aromatic nitrogens is 3. The Balaban J connectivity index is 1.69. The predicted octanol–water partition coefficient (Wildman–Crippen LogP) is 4.16. The van der Waals surface area contributed by atoms with Gasteiger partial charge in [-0.05, 0) is 45.8 Å². The lowest BCUT2D eigenvalue weighted by molar-refractivity contribution is 0.483. The van der Waals surface area contributed by atoms with E-state index in [1.54, 1.807) is 47.1 Å². The van der Waals surface area contributed by atoms with Crippen molar-refractivity contribution in [2.24, 2.45) is 0 Å². The minimum absolute atomic E-state index is 0.176. The molecular formula is C19H14BrFN4O3S. The van der Waals surface area contributed by atoms with Crippen LogP contribution in [0.2, 0.25) is 0 Å². The molecule has 0 fully saturated rings. The Bertz CT molecular complexity index is 1310. The third kappa shape index (κ3) is 4.00. The summed E-state index contributed by atoms with van der Waals surface area (Å²) in [5.41, 5.74) is 2.11. The summed E-state index contributed by atoms with van der Waals surface area (Å²) >= 11 is 3.40. The first kappa shape index (κ1) is 19.5. The molecule has 0 aliphatic heterocycles. The van der Waals surface area contributed by atoms with Gasteiger partial charge < -0.3 is 5.32 Å². The smallest absolute Gasteiger partial charge is 0.294 e. The molecule has 0 unspecified atom stereocenters. The van der Waals surface area contributed by atoms with Gasteiger partial charge in [-0.2, -0.15) is 18.0 Å². The van der Waals surface area contributed by atoms with E-state index in [0.29, 0.717) is 33.7 Å². The zero-order chi connectivity index (χ0) is 20.6. The van der Waals surface area contributed by atoms with Crippen LogP contribution in [0.25, 0.3) is 16.9 Å². The van der Waals surface area contributed by atoms with Gasteiger partial charge in [0, 0.05) is 18.2 Å². The molecule has 0 spiro atoms. The lowest BCUT2D eigenvalue weighted by atomic mass is 10.1. The van der Waals surface area contributed by atoms with Gasteiger partial charge in [-0.25, -0.2) is 9.37 Å². The van der Waals surface area contributed by atoms with Crippen molar-refractivity contribution in [2.75, 3.05) is 5.32 Å². The number of fused-ring (bicyclic) bond motifs is 1. The first-order chi connectivity index (χ1) is 13.8. The maximum atomic E-state index is 14.3. The van der Waals surface area contributed by atoms with Gasteiger partial charge in [0.15, 0.2) is 5.65 Å². The molecule has 7 nitrogen and oxygen atoms in total. The maximum absolute atomic E-state index is 14.3. The maximum Gasteiger partial charge on any atom is 0.294 e. The first-order valence-electron chi connectivity index (χ1n) is 8.42. The highest BCUT2D eigenvalue weighted by Gasteiger charge is 2.14. The third-order valence-corrected chi connectivity index (χ3v) is 5.70. The van der Waals surface area contributed by atoms with Crippen molar-refractivity contribution in [2.45, 2.75) is 11.4 Å². The zero-order valence-corrected chi connectivity index (χ0v) is 17.2. The van der Waals surface area contributed by atoms with Crippen LogP contribution in [0, 0.1) is 5.82 Å². The molecule has 148 valence electrons. The second-order valence-electron chi connectivity index (χ2n) is 6.21. The average molecular weight is 477 g/mol. The van der Waals surface area contributed by atoms with Crippen LogP contribution in [0.4, 0.5) is 10.2 Å². The molecule has 4 aromatic rings. The number of benzene rings is 2. The summed E-state index contributed by atoms with van der Waals surface area (Å²) in [7, 11) is -4.24. The largest absolute Gasteiger partial charge is 0.366 e. The molecule has 0 amide bonds. The Hall–Kier alpha value is -2.82. The second kappa shape index (κ2) is 7.54. The van der Waals surface area contributed by atoms with Crippen molar-refractivity contribution in [3.8, 4) is 11.3 Å². The van der Waals surface area contributed by atoms with Crippen LogP contribution in [0.15, 0.2) is 70.2 Å². The quantitative estimate of drug-likeness (QED) is 0.419. The molecule has 0 saturated heterocycles. The van der Waals surface area contributed by atoms with Gasteiger partial charge >= 0.3 is 0 Å². The number of anilines is 1. The van der Waals surface area contributed by atoms with Crippen molar-refractivity contribution in [3.63, 3.8) is 0 Å². The van der Waals surface area contributed by atoms with E-state index in [-0.39, 0.29) is 10.7 Å². The third-order valence-electron chi connectivity index (χ3n) is 4.27. The van der Waals surface area contributed by atoms with Gasteiger partial charge in [0.05, 0.1) is 21.3 Å². The minimum atomic E-state index is -4.24. The Morgan fingerprint density at radius 2 is 1.86 bits per heavy atom. The minimum Gasteiger partial charge on any atom is -0.366 e. The fraction of sp³-hybridized carbons (Fsp3) is 0.0526. The average Bonchev–Trinajstić information content (AvgIpc) is 3.07. The molecule has 29 heavy (non-hydrogen) atoms. The van der Waals surface area contributed by atoms with Crippen LogP contribution in [0.1, 0.15) is 5.56 Å². The summed E-state index contributed by atoms with van der Waals surface area (Å²) in [4.78, 5) is 4.32. The van der Waals surface area contributed by atoms with Crippen LogP contribution in [-0.4, -0.2) is 27.6 Å². The Kier molecular flexibility index (Phi) is 5.07. The SMILES string of the molecule is O=S(=O)(O)c1ccc(CNc2cc(-c3ccccc3F)nc3c(Br)cnn23)cc1. The van der Waals surface area contributed by atoms with E-state index in [9.17, 15) is 12.8 Å². The molecule has 0 saturated carbocycles. The van der Waals surface area contributed by atoms with Gasteiger partial charge in [0.25, 0.3) is 10.1 Å².